The maximum atomic E-state index is 12.7. The molecule has 6 heteroatoms. The summed E-state index contributed by atoms with van der Waals surface area (Å²) in [6.07, 6.45) is -0.434. The standard InChI is InChI=1S/C12H15O5P/c13-11(14)6-8-18(17,9-7-12(15)16)10-4-2-1-3-5-10/h1-5H,6-9H2,(H,13,14)(H,15,16). The van der Waals surface area contributed by atoms with Crippen molar-refractivity contribution in [2.75, 3.05) is 12.3 Å². The third-order valence-corrected chi connectivity index (χ3v) is 5.73. The molecule has 0 aliphatic rings. The van der Waals surface area contributed by atoms with Gasteiger partial charge in [-0.05, 0) is 0 Å². The summed E-state index contributed by atoms with van der Waals surface area (Å²) in [7, 11) is -2.94. The van der Waals surface area contributed by atoms with Gasteiger partial charge >= 0.3 is 11.9 Å². The van der Waals surface area contributed by atoms with Gasteiger partial charge in [0.2, 0.25) is 0 Å². The molecule has 0 saturated carbocycles. The molecule has 0 aliphatic heterocycles. The zero-order valence-corrected chi connectivity index (χ0v) is 10.7. The maximum absolute atomic E-state index is 12.7. The molecule has 0 saturated heterocycles. The average Bonchev–Trinajstić information content (AvgIpc) is 2.35. The predicted molar refractivity (Wildman–Crippen MR) is 67.9 cm³/mol. The van der Waals surface area contributed by atoms with Gasteiger partial charge in [-0.2, -0.15) is 0 Å². The van der Waals surface area contributed by atoms with E-state index in [9.17, 15) is 14.2 Å². The van der Waals surface area contributed by atoms with Crippen molar-refractivity contribution in [3.05, 3.63) is 30.3 Å². The highest BCUT2D eigenvalue weighted by Crippen LogP contribution is 2.45. The molecule has 0 heterocycles. The summed E-state index contributed by atoms with van der Waals surface area (Å²) in [5.41, 5.74) is 0. The smallest absolute Gasteiger partial charge is 0.303 e. The van der Waals surface area contributed by atoms with Gasteiger partial charge in [-0.15, -0.1) is 0 Å². The SMILES string of the molecule is O=C(O)CCP(=O)(CCC(=O)O)c1ccccc1. The monoisotopic (exact) mass is 270 g/mol. The fourth-order valence-corrected chi connectivity index (χ4v) is 4.18. The van der Waals surface area contributed by atoms with Crippen molar-refractivity contribution in [1.82, 2.24) is 0 Å². The Balaban J connectivity index is 2.90. The lowest BCUT2D eigenvalue weighted by Crippen LogP contribution is -2.14. The Labute approximate surface area is 105 Å². The van der Waals surface area contributed by atoms with Crippen LogP contribution in [0.25, 0.3) is 0 Å². The first-order valence-corrected chi connectivity index (χ1v) is 7.59. The van der Waals surface area contributed by atoms with E-state index in [1.807, 2.05) is 0 Å². The molecule has 0 atom stereocenters. The van der Waals surface area contributed by atoms with Crippen LogP contribution in [0.1, 0.15) is 12.8 Å². The Kier molecular flexibility index (Phi) is 5.10. The topological polar surface area (TPSA) is 91.7 Å². The fraction of sp³-hybridized carbons (Fsp3) is 0.333. The Morgan fingerprint density at radius 3 is 1.78 bits per heavy atom. The zero-order chi connectivity index (χ0) is 13.6. The molecular formula is C12H15O5P. The molecule has 0 fully saturated rings. The first kappa shape index (κ1) is 14.5. The van der Waals surface area contributed by atoms with Crippen molar-refractivity contribution in [3.8, 4) is 0 Å². The van der Waals surface area contributed by atoms with E-state index in [0.717, 1.165) is 0 Å². The van der Waals surface area contributed by atoms with Crippen LogP contribution in [0.3, 0.4) is 0 Å². The Morgan fingerprint density at radius 1 is 0.944 bits per heavy atom. The van der Waals surface area contributed by atoms with Gasteiger partial charge < -0.3 is 14.8 Å². The van der Waals surface area contributed by atoms with E-state index in [2.05, 4.69) is 0 Å². The molecular weight excluding hydrogens is 255 g/mol. The first-order chi connectivity index (χ1) is 8.44. The lowest BCUT2D eigenvalue weighted by atomic mass is 10.4. The molecule has 1 rings (SSSR count). The minimum Gasteiger partial charge on any atom is -0.481 e. The van der Waals surface area contributed by atoms with Crippen LogP contribution in [-0.2, 0) is 14.2 Å². The molecule has 98 valence electrons. The molecule has 0 amide bonds. The molecule has 0 aliphatic carbocycles. The highest BCUT2D eigenvalue weighted by atomic mass is 31.2. The number of benzene rings is 1. The van der Waals surface area contributed by atoms with Gasteiger partial charge in [0.05, 0.1) is 12.8 Å². The molecule has 18 heavy (non-hydrogen) atoms. The third-order valence-electron chi connectivity index (χ3n) is 2.60. The van der Waals surface area contributed by atoms with Crippen molar-refractivity contribution in [3.63, 3.8) is 0 Å². The second kappa shape index (κ2) is 6.36. The van der Waals surface area contributed by atoms with Crippen LogP contribution in [0.5, 0.6) is 0 Å². The van der Waals surface area contributed by atoms with Crippen LogP contribution in [0.4, 0.5) is 0 Å². The van der Waals surface area contributed by atoms with Crippen LogP contribution in [-0.4, -0.2) is 34.5 Å². The largest absolute Gasteiger partial charge is 0.481 e. The van der Waals surface area contributed by atoms with Crippen molar-refractivity contribution >= 4 is 24.4 Å². The quantitative estimate of drug-likeness (QED) is 0.734. The summed E-state index contributed by atoms with van der Waals surface area (Å²) in [5, 5.41) is 17.9. The highest BCUT2D eigenvalue weighted by molar-refractivity contribution is 7.71. The summed E-state index contributed by atoms with van der Waals surface area (Å²) in [5.74, 6) is -2.05. The maximum Gasteiger partial charge on any atom is 0.303 e. The van der Waals surface area contributed by atoms with Gasteiger partial charge in [-0.25, -0.2) is 0 Å². The minimum atomic E-state index is -2.94. The predicted octanol–water partition coefficient (Wildman–Crippen LogP) is 1.62. The number of hydrogen-bond donors (Lipinski definition) is 2. The molecule has 5 nitrogen and oxygen atoms in total. The lowest BCUT2D eigenvalue weighted by molar-refractivity contribution is -0.137. The van der Waals surface area contributed by atoms with Crippen molar-refractivity contribution in [1.29, 1.82) is 0 Å². The normalized spacial score (nSPS) is 11.1. The summed E-state index contributed by atoms with van der Waals surface area (Å²) in [4.78, 5) is 21.2. The van der Waals surface area contributed by atoms with Crippen LogP contribution < -0.4 is 5.30 Å². The zero-order valence-electron chi connectivity index (χ0n) is 9.78. The number of carboxylic acid groups (broad SMARTS) is 2. The number of aliphatic carboxylic acids is 2. The molecule has 0 radical (unpaired) electrons. The van der Waals surface area contributed by atoms with Crippen molar-refractivity contribution in [2.24, 2.45) is 0 Å². The fourth-order valence-electron chi connectivity index (χ4n) is 1.62. The van der Waals surface area contributed by atoms with E-state index >= 15 is 0 Å². The molecule has 0 aromatic heterocycles. The van der Waals surface area contributed by atoms with E-state index in [1.54, 1.807) is 30.3 Å². The van der Waals surface area contributed by atoms with Gasteiger partial charge in [-0.1, -0.05) is 30.3 Å². The highest BCUT2D eigenvalue weighted by Gasteiger charge is 2.26. The first-order valence-electron chi connectivity index (χ1n) is 5.51. The van der Waals surface area contributed by atoms with E-state index in [4.69, 9.17) is 10.2 Å². The number of hydrogen-bond acceptors (Lipinski definition) is 3. The van der Waals surface area contributed by atoms with Crippen LogP contribution in [0.2, 0.25) is 0 Å². The summed E-state index contributed by atoms with van der Waals surface area (Å²) >= 11 is 0. The van der Waals surface area contributed by atoms with Gasteiger partial charge in [0.25, 0.3) is 0 Å². The van der Waals surface area contributed by atoms with E-state index < -0.39 is 19.1 Å². The minimum absolute atomic E-state index is 0.000370. The Hall–Kier alpha value is -1.61. The number of carbonyl (C=O) groups is 2. The second-order valence-electron chi connectivity index (χ2n) is 3.96. The average molecular weight is 270 g/mol. The van der Waals surface area contributed by atoms with Gasteiger partial charge in [0, 0.05) is 17.6 Å². The molecule has 1 aromatic rings. The Bertz CT molecular complexity index is 447. The summed E-state index contributed by atoms with van der Waals surface area (Å²) < 4.78 is 12.7. The summed E-state index contributed by atoms with van der Waals surface area (Å²) in [6.45, 7) is 0. The number of carboxylic acids is 2. The van der Waals surface area contributed by atoms with Crippen molar-refractivity contribution < 1.29 is 24.4 Å². The van der Waals surface area contributed by atoms with Crippen LogP contribution >= 0.6 is 7.14 Å². The van der Waals surface area contributed by atoms with Gasteiger partial charge in [0.15, 0.2) is 0 Å². The molecule has 0 spiro atoms. The summed E-state index contributed by atoms with van der Waals surface area (Å²) in [6, 6.07) is 8.50. The van der Waals surface area contributed by atoms with E-state index in [0.29, 0.717) is 5.30 Å². The van der Waals surface area contributed by atoms with E-state index in [-0.39, 0.29) is 25.2 Å². The third kappa shape index (κ3) is 4.34. The van der Waals surface area contributed by atoms with Gasteiger partial charge in [-0.3, -0.25) is 9.59 Å². The Morgan fingerprint density at radius 2 is 1.39 bits per heavy atom. The van der Waals surface area contributed by atoms with E-state index in [1.165, 1.54) is 0 Å². The van der Waals surface area contributed by atoms with Gasteiger partial charge in [0.1, 0.15) is 7.14 Å². The molecule has 0 unspecified atom stereocenters. The van der Waals surface area contributed by atoms with Crippen LogP contribution in [0.15, 0.2) is 30.3 Å². The second-order valence-corrected chi connectivity index (χ2v) is 7.15. The molecule has 2 N–H and O–H groups in total. The lowest BCUT2D eigenvalue weighted by Gasteiger charge is -2.16. The molecule has 1 aromatic carbocycles. The van der Waals surface area contributed by atoms with Crippen LogP contribution in [0, 0.1) is 0 Å². The van der Waals surface area contributed by atoms with Crippen molar-refractivity contribution in [2.45, 2.75) is 12.8 Å². The molecule has 0 bridgehead atoms. The number of rotatable bonds is 7.